The molecule has 0 saturated carbocycles. The normalized spacial score (nSPS) is 21.6. The second-order valence-corrected chi connectivity index (χ2v) is 11.0. The molecule has 0 unspecified atom stereocenters. The predicted molar refractivity (Wildman–Crippen MR) is 153 cm³/mol. The highest BCUT2D eigenvalue weighted by atomic mass is 19.3. The van der Waals surface area contributed by atoms with E-state index in [0.29, 0.717) is 56.1 Å². The van der Waals surface area contributed by atoms with Gasteiger partial charge in [-0.3, -0.25) is 9.69 Å². The molecule has 42 heavy (non-hydrogen) atoms. The Bertz CT molecular complexity index is 1430. The lowest BCUT2D eigenvalue weighted by atomic mass is 10.0. The van der Waals surface area contributed by atoms with Crippen LogP contribution in [0.25, 0.3) is 11.1 Å². The number of hydrogen-bond donors (Lipinski definition) is 1. The molecule has 0 aliphatic carbocycles. The molecule has 224 valence electrons. The van der Waals surface area contributed by atoms with Crippen molar-refractivity contribution < 1.29 is 27.1 Å². The summed E-state index contributed by atoms with van der Waals surface area (Å²) < 4.78 is 62.4. The topological polar surface area (TPSA) is 73.8 Å². The van der Waals surface area contributed by atoms with Crippen LogP contribution in [0.2, 0.25) is 0 Å². The third-order valence-electron chi connectivity index (χ3n) is 8.00. The lowest BCUT2D eigenvalue weighted by Crippen LogP contribution is -2.55. The Morgan fingerprint density at radius 2 is 1.69 bits per heavy atom. The van der Waals surface area contributed by atoms with Crippen LogP contribution in [0, 0.1) is 11.6 Å². The van der Waals surface area contributed by atoms with Crippen molar-refractivity contribution in [2.75, 3.05) is 55.0 Å². The Labute approximate surface area is 242 Å². The molecular formula is C30H34F4N6O2. The molecule has 2 fully saturated rings. The third kappa shape index (κ3) is 6.19. The van der Waals surface area contributed by atoms with Crippen molar-refractivity contribution in [3.8, 4) is 11.1 Å². The van der Waals surface area contributed by atoms with E-state index in [2.05, 4.69) is 20.2 Å². The Hall–Kier alpha value is -3.77. The molecule has 3 heterocycles. The number of alkyl halides is 2. The average Bonchev–Trinajstić information content (AvgIpc) is 2.96. The fourth-order valence-electron chi connectivity index (χ4n) is 5.48. The number of ether oxygens (including phenoxy) is 1. The summed E-state index contributed by atoms with van der Waals surface area (Å²) in [5, 5.41) is 2.71. The van der Waals surface area contributed by atoms with Gasteiger partial charge >= 0.3 is 0 Å². The Morgan fingerprint density at radius 1 is 1.00 bits per heavy atom. The van der Waals surface area contributed by atoms with Crippen LogP contribution >= 0.6 is 0 Å². The standard InChI is InChI=1S/C30H34F4N6O2/c1-17-14-40(15-18(2)38(17)4)27-11-25(32)23(20-12-35-30(36-13-20)39-7-8-42-19(3)16-39)10-26(27)37-29(41)22-6-5-21(31)9-24(22)28(33)34/h5-6,9-13,17-19,28H,7-8,14-16H2,1-4H3,(H,37,41)/t17-,18+,19-/m1/s1. The number of carbonyl (C=O) groups is 1. The number of aromatic nitrogens is 2. The van der Waals surface area contributed by atoms with E-state index in [9.17, 15) is 18.0 Å². The third-order valence-corrected chi connectivity index (χ3v) is 8.00. The van der Waals surface area contributed by atoms with E-state index < -0.39 is 29.5 Å². The summed E-state index contributed by atoms with van der Waals surface area (Å²) in [6.45, 7) is 8.98. The number of nitrogens with zero attached hydrogens (tertiary/aromatic N) is 5. The van der Waals surface area contributed by atoms with E-state index in [-0.39, 0.29) is 35.0 Å². The number of piperazine rings is 1. The number of halogens is 4. The van der Waals surface area contributed by atoms with Crippen LogP contribution in [0.15, 0.2) is 42.7 Å². The first-order valence-corrected chi connectivity index (χ1v) is 13.9. The maximum atomic E-state index is 15.7. The molecule has 12 heteroatoms. The van der Waals surface area contributed by atoms with Gasteiger partial charge in [0.05, 0.1) is 24.1 Å². The molecule has 8 nitrogen and oxygen atoms in total. The SMILES string of the molecule is C[C@@H]1CN(c2ncc(-c3cc(NC(=O)c4ccc(F)cc4C(F)F)c(N4C[C@@H](C)N(C)[C@@H](C)C4)cc3F)cn2)CCO1. The van der Waals surface area contributed by atoms with Gasteiger partial charge in [-0.2, -0.15) is 0 Å². The largest absolute Gasteiger partial charge is 0.375 e. The van der Waals surface area contributed by atoms with Gasteiger partial charge < -0.3 is 19.9 Å². The lowest BCUT2D eigenvalue weighted by molar-refractivity contribution is 0.0526. The van der Waals surface area contributed by atoms with Gasteiger partial charge in [-0.25, -0.2) is 27.5 Å². The number of morpholine rings is 1. The summed E-state index contributed by atoms with van der Waals surface area (Å²) in [5.41, 5.74) is 0.0810. The summed E-state index contributed by atoms with van der Waals surface area (Å²) in [5.74, 6) is -1.78. The zero-order chi connectivity index (χ0) is 30.1. The van der Waals surface area contributed by atoms with Crippen molar-refractivity contribution in [3.63, 3.8) is 0 Å². The number of amides is 1. The van der Waals surface area contributed by atoms with E-state index in [1.165, 1.54) is 24.5 Å². The van der Waals surface area contributed by atoms with Crippen molar-refractivity contribution in [1.29, 1.82) is 0 Å². The van der Waals surface area contributed by atoms with Crippen molar-refractivity contribution in [2.45, 2.75) is 45.4 Å². The Morgan fingerprint density at radius 3 is 2.33 bits per heavy atom. The summed E-state index contributed by atoms with van der Waals surface area (Å²) in [6, 6.07) is 5.69. The molecule has 1 N–H and O–H groups in total. The number of hydrogen-bond acceptors (Lipinski definition) is 7. The van der Waals surface area contributed by atoms with Crippen LogP contribution in [0.1, 0.15) is 43.1 Å². The number of anilines is 3. The van der Waals surface area contributed by atoms with Crippen LogP contribution in [-0.4, -0.2) is 78.8 Å². The molecule has 0 spiro atoms. The highest BCUT2D eigenvalue weighted by Crippen LogP contribution is 2.36. The molecule has 0 radical (unpaired) electrons. The number of nitrogens with one attached hydrogen (secondary N) is 1. The van der Waals surface area contributed by atoms with Gasteiger partial charge in [0.25, 0.3) is 12.3 Å². The summed E-state index contributed by atoms with van der Waals surface area (Å²) in [6.07, 6.45) is 0.00115. The lowest BCUT2D eigenvalue weighted by Gasteiger charge is -2.44. The second-order valence-electron chi connectivity index (χ2n) is 11.0. The second kappa shape index (κ2) is 12.2. The molecule has 1 amide bonds. The number of benzene rings is 2. The van der Waals surface area contributed by atoms with E-state index in [4.69, 9.17) is 4.74 Å². The molecule has 3 atom stereocenters. The summed E-state index contributed by atoms with van der Waals surface area (Å²) in [4.78, 5) is 28.4. The first kappa shape index (κ1) is 29.7. The first-order chi connectivity index (χ1) is 20.0. The van der Waals surface area contributed by atoms with Gasteiger partial charge in [-0.15, -0.1) is 0 Å². The fraction of sp³-hybridized carbons (Fsp3) is 0.433. The first-order valence-electron chi connectivity index (χ1n) is 13.9. The van der Waals surface area contributed by atoms with Crippen LogP contribution in [0.5, 0.6) is 0 Å². The Kier molecular flexibility index (Phi) is 8.65. The van der Waals surface area contributed by atoms with Crippen LogP contribution in [0.3, 0.4) is 0 Å². The smallest absolute Gasteiger partial charge is 0.264 e. The fourth-order valence-corrected chi connectivity index (χ4v) is 5.48. The van der Waals surface area contributed by atoms with Gasteiger partial charge in [0.2, 0.25) is 5.95 Å². The summed E-state index contributed by atoms with van der Waals surface area (Å²) >= 11 is 0. The van der Waals surface area contributed by atoms with Crippen molar-refractivity contribution >= 4 is 23.2 Å². The van der Waals surface area contributed by atoms with Gasteiger partial charge in [0.15, 0.2) is 0 Å². The molecule has 2 saturated heterocycles. The van der Waals surface area contributed by atoms with Crippen LogP contribution < -0.4 is 15.1 Å². The molecule has 5 rings (SSSR count). The average molecular weight is 587 g/mol. The summed E-state index contributed by atoms with van der Waals surface area (Å²) in [7, 11) is 2.01. The minimum Gasteiger partial charge on any atom is -0.375 e. The number of carbonyl (C=O) groups excluding carboxylic acids is 1. The zero-order valence-electron chi connectivity index (χ0n) is 24.0. The maximum absolute atomic E-state index is 15.7. The van der Waals surface area contributed by atoms with E-state index in [0.717, 1.165) is 12.1 Å². The monoisotopic (exact) mass is 586 g/mol. The molecule has 2 aliphatic heterocycles. The van der Waals surface area contributed by atoms with Gasteiger partial charge in [-0.1, -0.05) is 0 Å². The number of likely N-dealkylation sites (N-methyl/N-ethyl adjacent to an activating group) is 1. The minimum absolute atomic E-state index is 0.0323. The quantitative estimate of drug-likeness (QED) is 0.390. The van der Waals surface area contributed by atoms with Crippen LogP contribution in [0.4, 0.5) is 34.9 Å². The molecule has 0 bridgehead atoms. The van der Waals surface area contributed by atoms with E-state index in [1.807, 2.05) is 37.6 Å². The molecule has 2 aliphatic rings. The van der Waals surface area contributed by atoms with Crippen molar-refractivity contribution in [3.05, 3.63) is 65.5 Å². The molecule has 1 aromatic heterocycles. The highest BCUT2D eigenvalue weighted by molar-refractivity contribution is 6.07. The maximum Gasteiger partial charge on any atom is 0.264 e. The molecule has 2 aromatic carbocycles. The van der Waals surface area contributed by atoms with Gasteiger partial charge in [0.1, 0.15) is 11.6 Å². The predicted octanol–water partition coefficient (Wildman–Crippen LogP) is 5.37. The minimum atomic E-state index is -3.06. The molecular weight excluding hydrogens is 552 g/mol. The highest BCUT2D eigenvalue weighted by Gasteiger charge is 2.30. The van der Waals surface area contributed by atoms with Crippen LogP contribution in [-0.2, 0) is 4.74 Å². The van der Waals surface area contributed by atoms with Crippen molar-refractivity contribution in [2.24, 2.45) is 0 Å². The zero-order valence-corrected chi connectivity index (χ0v) is 24.0. The van der Waals surface area contributed by atoms with E-state index in [1.54, 1.807) is 0 Å². The van der Waals surface area contributed by atoms with E-state index >= 15 is 4.39 Å². The van der Waals surface area contributed by atoms with Gasteiger partial charge in [-0.05, 0) is 58.2 Å². The van der Waals surface area contributed by atoms with Gasteiger partial charge in [0, 0.05) is 72.9 Å². The Balaban J connectivity index is 1.52. The molecule has 3 aromatic rings. The van der Waals surface area contributed by atoms with Crippen molar-refractivity contribution in [1.82, 2.24) is 14.9 Å². The number of rotatable bonds is 6.